The van der Waals surface area contributed by atoms with E-state index in [0.717, 1.165) is 19.6 Å². The summed E-state index contributed by atoms with van der Waals surface area (Å²) in [4.78, 5) is 11.5. The van der Waals surface area contributed by atoms with Crippen molar-refractivity contribution >= 4 is 5.91 Å². The van der Waals surface area contributed by atoms with Crippen molar-refractivity contribution in [1.29, 1.82) is 0 Å². The van der Waals surface area contributed by atoms with Gasteiger partial charge < -0.3 is 16.0 Å². The smallest absolute Gasteiger partial charge is 0.221 e. The lowest BCUT2D eigenvalue weighted by Gasteiger charge is -2.20. The largest absolute Gasteiger partial charge is 0.351 e. The first kappa shape index (κ1) is 13.5. The summed E-state index contributed by atoms with van der Waals surface area (Å²) in [6.07, 6.45) is 3.09. The molecule has 0 aromatic heterocycles. The summed E-state index contributed by atoms with van der Waals surface area (Å²) >= 11 is 0. The van der Waals surface area contributed by atoms with E-state index in [1.54, 1.807) is 0 Å². The second kappa shape index (κ2) is 6.21. The highest BCUT2D eigenvalue weighted by molar-refractivity contribution is 5.76. The molecule has 1 aliphatic heterocycles. The quantitative estimate of drug-likeness (QED) is 0.604. The van der Waals surface area contributed by atoms with Crippen LogP contribution in [0.4, 0.5) is 0 Å². The van der Waals surface area contributed by atoms with Gasteiger partial charge in [-0.2, -0.15) is 0 Å². The van der Waals surface area contributed by atoms with E-state index in [9.17, 15) is 4.79 Å². The molecule has 1 atom stereocenters. The van der Waals surface area contributed by atoms with Crippen molar-refractivity contribution in [2.24, 2.45) is 0 Å². The average Bonchev–Trinajstić information content (AvgIpc) is 2.62. The highest BCUT2D eigenvalue weighted by atomic mass is 16.1. The molecule has 0 aromatic rings. The Morgan fingerprint density at radius 1 is 1.44 bits per heavy atom. The number of carbonyl (C=O) groups excluding carboxylic acids is 1. The molecular formula is C12H25N3O. The first-order valence-corrected chi connectivity index (χ1v) is 6.22. The first-order valence-electron chi connectivity index (χ1n) is 6.22. The van der Waals surface area contributed by atoms with Crippen LogP contribution in [0.1, 0.15) is 40.0 Å². The fourth-order valence-corrected chi connectivity index (χ4v) is 1.89. The van der Waals surface area contributed by atoms with Crippen molar-refractivity contribution < 1.29 is 4.79 Å². The molecule has 0 aliphatic carbocycles. The maximum atomic E-state index is 11.5. The monoisotopic (exact) mass is 227 g/mol. The Morgan fingerprint density at radius 3 is 2.75 bits per heavy atom. The van der Waals surface area contributed by atoms with Crippen LogP contribution in [0.2, 0.25) is 0 Å². The third-order valence-corrected chi connectivity index (χ3v) is 2.60. The van der Waals surface area contributed by atoms with Crippen LogP contribution >= 0.6 is 0 Å². The predicted octanol–water partition coefficient (Wildman–Crippen LogP) is 0.633. The van der Waals surface area contributed by atoms with Gasteiger partial charge in [0.25, 0.3) is 0 Å². The van der Waals surface area contributed by atoms with Crippen LogP contribution in [-0.4, -0.2) is 37.1 Å². The van der Waals surface area contributed by atoms with E-state index in [4.69, 9.17) is 0 Å². The zero-order valence-electron chi connectivity index (χ0n) is 10.7. The van der Waals surface area contributed by atoms with Crippen molar-refractivity contribution in [3.8, 4) is 0 Å². The molecule has 94 valence electrons. The third kappa shape index (κ3) is 6.08. The average molecular weight is 227 g/mol. The summed E-state index contributed by atoms with van der Waals surface area (Å²) in [6.45, 7) is 8.88. The molecule has 0 spiro atoms. The molecule has 1 fully saturated rings. The van der Waals surface area contributed by atoms with Gasteiger partial charge in [-0.15, -0.1) is 0 Å². The van der Waals surface area contributed by atoms with E-state index < -0.39 is 0 Å². The maximum absolute atomic E-state index is 11.5. The van der Waals surface area contributed by atoms with Crippen molar-refractivity contribution in [2.75, 3.05) is 19.6 Å². The van der Waals surface area contributed by atoms with Crippen molar-refractivity contribution in [2.45, 2.75) is 51.6 Å². The van der Waals surface area contributed by atoms with Crippen molar-refractivity contribution in [3.05, 3.63) is 0 Å². The van der Waals surface area contributed by atoms with Crippen LogP contribution in [0.5, 0.6) is 0 Å². The lowest BCUT2D eigenvalue weighted by atomic mass is 10.1. The fraction of sp³-hybridized carbons (Fsp3) is 0.917. The normalized spacial score (nSPS) is 21.1. The molecular weight excluding hydrogens is 202 g/mol. The van der Waals surface area contributed by atoms with E-state index >= 15 is 0 Å². The van der Waals surface area contributed by atoms with Gasteiger partial charge in [0, 0.05) is 31.1 Å². The van der Waals surface area contributed by atoms with E-state index in [1.165, 1.54) is 12.8 Å². The molecule has 4 heteroatoms. The Hall–Kier alpha value is -0.610. The minimum atomic E-state index is -0.121. The molecule has 1 amide bonds. The SMILES string of the molecule is CC(C)(C)NC(=O)CCNCC1CCCN1. The zero-order valence-corrected chi connectivity index (χ0v) is 10.7. The second-order valence-electron chi connectivity index (χ2n) is 5.55. The van der Waals surface area contributed by atoms with E-state index in [-0.39, 0.29) is 11.4 Å². The molecule has 0 bridgehead atoms. The minimum absolute atomic E-state index is 0.121. The van der Waals surface area contributed by atoms with Gasteiger partial charge in [0.2, 0.25) is 5.91 Å². The fourth-order valence-electron chi connectivity index (χ4n) is 1.89. The van der Waals surface area contributed by atoms with Crippen LogP contribution in [0.15, 0.2) is 0 Å². The van der Waals surface area contributed by atoms with Crippen molar-refractivity contribution in [3.63, 3.8) is 0 Å². The molecule has 4 nitrogen and oxygen atoms in total. The van der Waals surface area contributed by atoms with Gasteiger partial charge in [0.05, 0.1) is 0 Å². The Morgan fingerprint density at radius 2 is 2.19 bits per heavy atom. The molecule has 1 heterocycles. The number of hydrogen-bond donors (Lipinski definition) is 3. The van der Waals surface area contributed by atoms with Gasteiger partial charge in [-0.25, -0.2) is 0 Å². The molecule has 0 saturated carbocycles. The summed E-state index contributed by atoms with van der Waals surface area (Å²) in [7, 11) is 0. The molecule has 3 N–H and O–H groups in total. The van der Waals surface area contributed by atoms with Gasteiger partial charge in [0.1, 0.15) is 0 Å². The molecule has 1 saturated heterocycles. The molecule has 1 rings (SSSR count). The van der Waals surface area contributed by atoms with Crippen LogP contribution in [0, 0.1) is 0 Å². The van der Waals surface area contributed by atoms with E-state index in [0.29, 0.717) is 12.5 Å². The minimum Gasteiger partial charge on any atom is -0.351 e. The number of carbonyl (C=O) groups is 1. The summed E-state index contributed by atoms with van der Waals surface area (Å²) in [5.41, 5.74) is -0.121. The third-order valence-electron chi connectivity index (χ3n) is 2.60. The van der Waals surface area contributed by atoms with E-state index in [2.05, 4.69) is 16.0 Å². The van der Waals surface area contributed by atoms with Gasteiger partial charge >= 0.3 is 0 Å². The Bertz CT molecular complexity index is 217. The van der Waals surface area contributed by atoms with Gasteiger partial charge in [-0.1, -0.05) is 0 Å². The van der Waals surface area contributed by atoms with Crippen LogP contribution in [0.3, 0.4) is 0 Å². The van der Waals surface area contributed by atoms with Crippen LogP contribution < -0.4 is 16.0 Å². The first-order chi connectivity index (χ1) is 7.47. The summed E-state index contributed by atoms with van der Waals surface area (Å²) in [6, 6.07) is 0.602. The standard InChI is InChI=1S/C12H25N3O/c1-12(2,3)15-11(16)6-8-13-9-10-5-4-7-14-10/h10,13-14H,4-9H2,1-3H3,(H,15,16). The zero-order chi connectivity index (χ0) is 12.0. The second-order valence-corrected chi connectivity index (χ2v) is 5.55. The number of hydrogen-bond acceptors (Lipinski definition) is 3. The van der Waals surface area contributed by atoms with Gasteiger partial charge in [-0.3, -0.25) is 4.79 Å². The lowest BCUT2D eigenvalue weighted by Crippen LogP contribution is -2.42. The molecule has 0 aromatic carbocycles. The summed E-state index contributed by atoms with van der Waals surface area (Å²) in [5, 5.41) is 9.69. The van der Waals surface area contributed by atoms with Gasteiger partial charge in [0.15, 0.2) is 0 Å². The Labute approximate surface area is 98.6 Å². The Kier molecular flexibility index (Phi) is 5.22. The van der Waals surface area contributed by atoms with Crippen molar-refractivity contribution in [1.82, 2.24) is 16.0 Å². The predicted molar refractivity (Wildman–Crippen MR) is 66.4 cm³/mol. The number of rotatable bonds is 5. The molecule has 1 aliphatic rings. The number of amides is 1. The topological polar surface area (TPSA) is 53.2 Å². The van der Waals surface area contributed by atoms with Crippen LogP contribution in [-0.2, 0) is 4.79 Å². The van der Waals surface area contributed by atoms with Crippen LogP contribution in [0.25, 0.3) is 0 Å². The van der Waals surface area contributed by atoms with E-state index in [1.807, 2.05) is 20.8 Å². The molecule has 0 radical (unpaired) electrons. The summed E-state index contributed by atoms with van der Waals surface area (Å²) < 4.78 is 0. The molecule has 1 unspecified atom stereocenters. The lowest BCUT2D eigenvalue weighted by molar-refractivity contribution is -0.122. The maximum Gasteiger partial charge on any atom is 0.221 e. The molecule has 16 heavy (non-hydrogen) atoms. The highest BCUT2D eigenvalue weighted by Gasteiger charge is 2.14. The highest BCUT2D eigenvalue weighted by Crippen LogP contribution is 2.03. The van der Waals surface area contributed by atoms with Gasteiger partial charge in [-0.05, 0) is 40.2 Å². The Balaban J connectivity index is 2.00. The number of nitrogens with one attached hydrogen (secondary N) is 3. The summed E-state index contributed by atoms with van der Waals surface area (Å²) in [5.74, 6) is 0.124.